The van der Waals surface area contributed by atoms with E-state index in [1.165, 1.54) is 0 Å². The van der Waals surface area contributed by atoms with Crippen molar-refractivity contribution in [3.05, 3.63) is 48.5 Å². The summed E-state index contributed by atoms with van der Waals surface area (Å²) in [5, 5.41) is 5.59. The van der Waals surface area contributed by atoms with Crippen molar-refractivity contribution in [2.75, 3.05) is 17.2 Å². The van der Waals surface area contributed by atoms with Gasteiger partial charge in [0.1, 0.15) is 17.2 Å². The van der Waals surface area contributed by atoms with E-state index in [9.17, 15) is 9.59 Å². The number of hydrogen-bond acceptors (Lipinski definition) is 4. The zero-order valence-electron chi connectivity index (χ0n) is 14.2. The van der Waals surface area contributed by atoms with Gasteiger partial charge in [0.15, 0.2) is 5.60 Å². The van der Waals surface area contributed by atoms with Gasteiger partial charge in [-0.15, -0.1) is 0 Å². The third kappa shape index (κ3) is 3.91. The first kappa shape index (κ1) is 16.8. The Morgan fingerprint density at radius 1 is 1.16 bits per heavy atom. The fraction of sp³-hybridized carbons (Fsp3) is 0.263. The zero-order valence-corrected chi connectivity index (χ0v) is 14.2. The van der Waals surface area contributed by atoms with Gasteiger partial charge in [0.05, 0.1) is 18.7 Å². The monoisotopic (exact) mass is 340 g/mol. The predicted octanol–water partition coefficient (Wildman–Crippen LogP) is 3.20. The van der Waals surface area contributed by atoms with Gasteiger partial charge in [0, 0.05) is 0 Å². The third-order valence-corrected chi connectivity index (χ3v) is 3.79. The summed E-state index contributed by atoms with van der Waals surface area (Å²) in [7, 11) is 0. The lowest BCUT2D eigenvalue weighted by Crippen LogP contribution is -2.45. The van der Waals surface area contributed by atoms with E-state index in [-0.39, 0.29) is 24.8 Å². The molecule has 0 fully saturated rings. The predicted molar refractivity (Wildman–Crippen MR) is 95.0 cm³/mol. The maximum Gasteiger partial charge on any atom is 0.268 e. The van der Waals surface area contributed by atoms with Gasteiger partial charge in [-0.3, -0.25) is 9.59 Å². The van der Waals surface area contributed by atoms with Gasteiger partial charge < -0.3 is 20.1 Å². The van der Waals surface area contributed by atoms with E-state index in [0.717, 1.165) is 5.75 Å². The van der Waals surface area contributed by atoms with E-state index >= 15 is 0 Å². The Bertz CT molecular complexity index is 787. The largest absolute Gasteiger partial charge is 0.493 e. The second-order valence-corrected chi connectivity index (χ2v) is 6.20. The van der Waals surface area contributed by atoms with Crippen LogP contribution in [0, 0.1) is 0 Å². The molecule has 1 heterocycles. The molecule has 0 unspecified atom stereocenters. The van der Waals surface area contributed by atoms with E-state index in [1.807, 2.05) is 30.3 Å². The summed E-state index contributed by atoms with van der Waals surface area (Å²) in [6.07, 6.45) is 0.193. The molecule has 2 aromatic carbocycles. The number of hydrogen-bond donors (Lipinski definition) is 2. The highest BCUT2D eigenvalue weighted by Crippen LogP contribution is 2.38. The van der Waals surface area contributed by atoms with Crippen molar-refractivity contribution in [2.24, 2.45) is 0 Å². The Hall–Kier alpha value is -3.02. The smallest absolute Gasteiger partial charge is 0.268 e. The Morgan fingerprint density at radius 2 is 1.92 bits per heavy atom. The second-order valence-electron chi connectivity index (χ2n) is 6.20. The number of para-hydroxylation sites is 2. The molecule has 25 heavy (non-hydrogen) atoms. The van der Waals surface area contributed by atoms with Crippen molar-refractivity contribution in [3.8, 4) is 11.5 Å². The molecule has 0 aromatic heterocycles. The van der Waals surface area contributed by atoms with Gasteiger partial charge in [-0.25, -0.2) is 0 Å². The van der Waals surface area contributed by atoms with Crippen LogP contribution in [0.5, 0.6) is 11.5 Å². The Kier molecular flexibility index (Phi) is 4.61. The van der Waals surface area contributed by atoms with Crippen molar-refractivity contribution in [1.82, 2.24) is 0 Å². The molecule has 6 heteroatoms. The number of fused-ring (bicyclic) bond motifs is 1. The molecule has 0 atom stereocenters. The molecule has 2 amide bonds. The first-order chi connectivity index (χ1) is 12.0. The number of rotatable bonds is 5. The first-order valence-electron chi connectivity index (χ1n) is 8.07. The van der Waals surface area contributed by atoms with Crippen LogP contribution in [0.25, 0.3) is 0 Å². The minimum atomic E-state index is -0.945. The van der Waals surface area contributed by atoms with E-state index in [0.29, 0.717) is 17.1 Å². The minimum absolute atomic E-state index is 0.193. The number of ether oxygens (including phenoxy) is 2. The maximum atomic E-state index is 12.2. The van der Waals surface area contributed by atoms with Crippen LogP contribution < -0.4 is 20.1 Å². The summed E-state index contributed by atoms with van der Waals surface area (Å²) in [6, 6.07) is 14.5. The summed E-state index contributed by atoms with van der Waals surface area (Å²) in [4.78, 5) is 24.2. The van der Waals surface area contributed by atoms with Gasteiger partial charge in [-0.1, -0.05) is 24.3 Å². The molecule has 0 bridgehead atoms. The maximum absolute atomic E-state index is 12.2. The summed E-state index contributed by atoms with van der Waals surface area (Å²) in [5.41, 5.74) is 0.0364. The SMILES string of the molecule is CC1(C)Oc2cccc(NC(=O)CCOc3ccccc3)c2NC1=O. The molecular weight excluding hydrogens is 320 g/mol. The van der Waals surface area contributed by atoms with Crippen LogP contribution in [0.1, 0.15) is 20.3 Å². The van der Waals surface area contributed by atoms with Crippen LogP contribution in [0.4, 0.5) is 11.4 Å². The summed E-state index contributed by atoms with van der Waals surface area (Å²) in [6.45, 7) is 3.65. The molecule has 2 N–H and O–H groups in total. The quantitative estimate of drug-likeness (QED) is 0.876. The highest BCUT2D eigenvalue weighted by Gasteiger charge is 2.36. The standard InChI is InChI=1S/C19H20N2O4/c1-19(2)18(23)21-17-14(9-6-10-15(17)25-19)20-16(22)11-12-24-13-7-4-3-5-8-13/h3-10H,11-12H2,1-2H3,(H,20,22)(H,21,23). The Balaban J connectivity index is 1.62. The summed E-state index contributed by atoms with van der Waals surface area (Å²) < 4.78 is 11.2. The average molecular weight is 340 g/mol. The molecule has 0 saturated carbocycles. The lowest BCUT2D eigenvalue weighted by atomic mass is 10.1. The molecule has 130 valence electrons. The van der Waals surface area contributed by atoms with Crippen molar-refractivity contribution < 1.29 is 19.1 Å². The molecule has 0 spiro atoms. The highest BCUT2D eigenvalue weighted by atomic mass is 16.5. The van der Waals surface area contributed by atoms with Gasteiger partial charge in [-0.2, -0.15) is 0 Å². The lowest BCUT2D eigenvalue weighted by Gasteiger charge is -2.32. The molecule has 1 aliphatic rings. The van der Waals surface area contributed by atoms with Crippen LogP contribution in [0.3, 0.4) is 0 Å². The van der Waals surface area contributed by atoms with E-state index in [2.05, 4.69) is 10.6 Å². The number of nitrogens with one attached hydrogen (secondary N) is 2. The topological polar surface area (TPSA) is 76.7 Å². The van der Waals surface area contributed by atoms with E-state index in [4.69, 9.17) is 9.47 Å². The number of benzene rings is 2. The fourth-order valence-electron chi connectivity index (χ4n) is 2.43. The molecule has 1 aliphatic heterocycles. The molecule has 0 radical (unpaired) electrons. The van der Waals surface area contributed by atoms with Crippen LogP contribution in [0.2, 0.25) is 0 Å². The summed E-state index contributed by atoms with van der Waals surface area (Å²) in [5.74, 6) is 0.788. The van der Waals surface area contributed by atoms with E-state index < -0.39 is 5.60 Å². The Morgan fingerprint density at radius 3 is 2.68 bits per heavy atom. The molecule has 6 nitrogen and oxygen atoms in total. The highest BCUT2D eigenvalue weighted by molar-refractivity contribution is 6.05. The van der Waals surface area contributed by atoms with Crippen LogP contribution >= 0.6 is 0 Å². The van der Waals surface area contributed by atoms with Crippen LogP contribution in [-0.2, 0) is 9.59 Å². The molecule has 0 aliphatic carbocycles. The summed E-state index contributed by atoms with van der Waals surface area (Å²) >= 11 is 0. The average Bonchev–Trinajstić information content (AvgIpc) is 2.57. The van der Waals surface area contributed by atoms with Crippen molar-refractivity contribution >= 4 is 23.2 Å². The minimum Gasteiger partial charge on any atom is -0.493 e. The number of carbonyl (C=O) groups is 2. The second kappa shape index (κ2) is 6.84. The molecule has 3 rings (SSSR count). The van der Waals surface area contributed by atoms with Gasteiger partial charge in [0.25, 0.3) is 5.91 Å². The van der Waals surface area contributed by atoms with Gasteiger partial charge >= 0.3 is 0 Å². The number of anilines is 2. The number of carbonyl (C=O) groups excluding carboxylic acids is 2. The normalized spacial score (nSPS) is 14.7. The number of amides is 2. The molecule has 0 saturated heterocycles. The first-order valence-corrected chi connectivity index (χ1v) is 8.07. The van der Waals surface area contributed by atoms with Crippen molar-refractivity contribution in [1.29, 1.82) is 0 Å². The van der Waals surface area contributed by atoms with E-state index in [1.54, 1.807) is 32.0 Å². The Labute approximate surface area is 146 Å². The zero-order chi connectivity index (χ0) is 17.9. The lowest BCUT2D eigenvalue weighted by molar-refractivity contribution is -0.129. The van der Waals surface area contributed by atoms with Crippen molar-refractivity contribution in [3.63, 3.8) is 0 Å². The van der Waals surface area contributed by atoms with Gasteiger partial charge in [-0.05, 0) is 38.1 Å². The third-order valence-electron chi connectivity index (χ3n) is 3.79. The van der Waals surface area contributed by atoms with Crippen LogP contribution in [0.15, 0.2) is 48.5 Å². The molecule has 2 aromatic rings. The van der Waals surface area contributed by atoms with Crippen LogP contribution in [-0.4, -0.2) is 24.0 Å². The fourth-order valence-corrected chi connectivity index (χ4v) is 2.43. The van der Waals surface area contributed by atoms with Crippen molar-refractivity contribution in [2.45, 2.75) is 25.9 Å². The molecular formula is C19H20N2O4. The van der Waals surface area contributed by atoms with Gasteiger partial charge in [0.2, 0.25) is 5.91 Å².